The fourth-order valence-corrected chi connectivity index (χ4v) is 2.34. The summed E-state index contributed by atoms with van der Waals surface area (Å²) in [5, 5.41) is 21.7. The quantitative estimate of drug-likeness (QED) is 0.731. The van der Waals surface area contributed by atoms with Crippen LogP contribution < -0.4 is 5.32 Å². The number of hydrogen-bond acceptors (Lipinski definition) is 3. The molecule has 0 fully saturated rings. The van der Waals surface area contributed by atoms with Crippen LogP contribution in [-0.4, -0.2) is 28.8 Å². The zero-order chi connectivity index (χ0) is 12.4. The average molecular weight is 235 g/mol. The Morgan fingerprint density at radius 3 is 3.00 bits per heavy atom. The van der Waals surface area contributed by atoms with Crippen LogP contribution in [0, 0.1) is 6.92 Å². The Balaban J connectivity index is 2.14. The molecule has 2 atom stereocenters. The van der Waals surface area contributed by atoms with Gasteiger partial charge in [-0.05, 0) is 30.9 Å². The Bertz CT molecular complexity index is 431. The average Bonchev–Trinajstić information content (AvgIpc) is 2.29. The summed E-state index contributed by atoms with van der Waals surface area (Å²) < 4.78 is 0. The first-order valence-corrected chi connectivity index (χ1v) is 5.80. The highest BCUT2D eigenvalue weighted by atomic mass is 16.4. The third kappa shape index (κ3) is 2.65. The molecule has 0 spiro atoms. The standard InChI is InChI=1S/C13H17NO3/c1-8-2-3-9-4-5-11(14-7-12(15)16)13(17)10(9)6-8/h2-3,6,11,13-14,17H,4-5,7H2,1H3,(H,15,16)/t11-,13-/m1/s1. The van der Waals surface area contributed by atoms with E-state index in [0.29, 0.717) is 0 Å². The van der Waals surface area contributed by atoms with E-state index < -0.39 is 12.1 Å². The van der Waals surface area contributed by atoms with Crippen LogP contribution in [0.4, 0.5) is 0 Å². The van der Waals surface area contributed by atoms with Crippen molar-refractivity contribution in [1.82, 2.24) is 5.32 Å². The largest absolute Gasteiger partial charge is 0.480 e. The van der Waals surface area contributed by atoms with Gasteiger partial charge in [0.2, 0.25) is 0 Å². The fraction of sp³-hybridized carbons (Fsp3) is 0.462. The Hall–Kier alpha value is -1.39. The summed E-state index contributed by atoms with van der Waals surface area (Å²) in [5.74, 6) is -0.896. The van der Waals surface area contributed by atoms with Gasteiger partial charge in [-0.2, -0.15) is 0 Å². The molecule has 0 heterocycles. The van der Waals surface area contributed by atoms with Crippen LogP contribution >= 0.6 is 0 Å². The van der Waals surface area contributed by atoms with Crippen molar-refractivity contribution in [3.8, 4) is 0 Å². The molecule has 0 amide bonds. The smallest absolute Gasteiger partial charge is 0.317 e. The first-order valence-electron chi connectivity index (χ1n) is 5.80. The first kappa shape index (κ1) is 12.1. The molecule has 0 radical (unpaired) electrons. The number of aliphatic hydroxyl groups excluding tert-OH is 1. The van der Waals surface area contributed by atoms with E-state index in [-0.39, 0.29) is 12.6 Å². The van der Waals surface area contributed by atoms with E-state index in [0.717, 1.165) is 29.5 Å². The molecule has 1 aliphatic rings. The number of rotatable bonds is 3. The van der Waals surface area contributed by atoms with Gasteiger partial charge in [0.25, 0.3) is 0 Å². The SMILES string of the molecule is Cc1ccc2c(c1)[C@@H](O)[C@H](NCC(=O)O)CC2. The molecule has 92 valence electrons. The molecule has 0 unspecified atom stereocenters. The van der Waals surface area contributed by atoms with Crippen molar-refractivity contribution in [1.29, 1.82) is 0 Å². The third-order valence-corrected chi connectivity index (χ3v) is 3.24. The number of carboxylic acids is 1. The minimum Gasteiger partial charge on any atom is -0.480 e. The monoisotopic (exact) mass is 235 g/mol. The molecule has 0 bridgehead atoms. The van der Waals surface area contributed by atoms with Crippen molar-refractivity contribution in [3.63, 3.8) is 0 Å². The van der Waals surface area contributed by atoms with E-state index >= 15 is 0 Å². The maximum Gasteiger partial charge on any atom is 0.317 e. The van der Waals surface area contributed by atoms with Gasteiger partial charge in [0.05, 0.1) is 12.6 Å². The van der Waals surface area contributed by atoms with Gasteiger partial charge in [0.15, 0.2) is 0 Å². The minimum absolute atomic E-state index is 0.108. The van der Waals surface area contributed by atoms with Crippen molar-refractivity contribution in [2.45, 2.75) is 31.9 Å². The van der Waals surface area contributed by atoms with E-state index in [1.165, 1.54) is 0 Å². The molecular formula is C13H17NO3. The molecule has 17 heavy (non-hydrogen) atoms. The predicted molar refractivity (Wildman–Crippen MR) is 63.9 cm³/mol. The number of fused-ring (bicyclic) bond motifs is 1. The van der Waals surface area contributed by atoms with E-state index in [2.05, 4.69) is 5.32 Å². The molecule has 4 nitrogen and oxygen atoms in total. The second-order valence-corrected chi connectivity index (χ2v) is 4.57. The highest BCUT2D eigenvalue weighted by molar-refractivity contribution is 5.69. The van der Waals surface area contributed by atoms with Gasteiger partial charge in [-0.3, -0.25) is 4.79 Å². The zero-order valence-electron chi connectivity index (χ0n) is 9.81. The number of carboxylic acid groups (broad SMARTS) is 1. The van der Waals surface area contributed by atoms with Gasteiger partial charge >= 0.3 is 5.97 Å². The Morgan fingerprint density at radius 2 is 2.29 bits per heavy atom. The van der Waals surface area contributed by atoms with Crippen LogP contribution in [0.5, 0.6) is 0 Å². The van der Waals surface area contributed by atoms with Crippen LogP contribution in [0.3, 0.4) is 0 Å². The summed E-state index contributed by atoms with van der Waals surface area (Å²) in [5.41, 5.74) is 3.21. The Labute approximate surface area is 100 Å². The van der Waals surface area contributed by atoms with Crippen molar-refractivity contribution in [2.24, 2.45) is 0 Å². The summed E-state index contributed by atoms with van der Waals surface area (Å²) in [6, 6.07) is 5.90. The summed E-state index contributed by atoms with van der Waals surface area (Å²) in [6.45, 7) is 1.88. The molecule has 4 heteroatoms. The van der Waals surface area contributed by atoms with Crippen molar-refractivity contribution < 1.29 is 15.0 Å². The minimum atomic E-state index is -0.896. The second-order valence-electron chi connectivity index (χ2n) is 4.57. The van der Waals surface area contributed by atoms with Gasteiger partial charge in [0, 0.05) is 6.04 Å². The fourth-order valence-electron chi connectivity index (χ4n) is 2.34. The number of carbonyl (C=O) groups is 1. The van der Waals surface area contributed by atoms with Gasteiger partial charge in [0.1, 0.15) is 0 Å². The predicted octanol–water partition coefficient (Wildman–Crippen LogP) is 1.02. The first-order chi connectivity index (χ1) is 8.08. The van der Waals surface area contributed by atoms with E-state index in [1.54, 1.807) is 0 Å². The highest BCUT2D eigenvalue weighted by Gasteiger charge is 2.27. The van der Waals surface area contributed by atoms with Crippen LogP contribution in [0.2, 0.25) is 0 Å². The van der Waals surface area contributed by atoms with Crippen LogP contribution in [0.25, 0.3) is 0 Å². The molecule has 1 aliphatic carbocycles. The molecule has 0 saturated carbocycles. The maximum atomic E-state index is 10.5. The lowest BCUT2D eigenvalue weighted by Gasteiger charge is -2.30. The lowest BCUT2D eigenvalue weighted by Crippen LogP contribution is -2.40. The lowest BCUT2D eigenvalue weighted by atomic mass is 9.85. The van der Waals surface area contributed by atoms with Crippen molar-refractivity contribution in [3.05, 3.63) is 34.9 Å². The molecule has 1 aromatic rings. The number of aryl methyl sites for hydroxylation is 2. The summed E-state index contributed by atoms with van der Waals surface area (Å²) in [6.07, 6.45) is 1.03. The molecule has 2 rings (SSSR count). The third-order valence-electron chi connectivity index (χ3n) is 3.24. The summed E-state index contributed by atoms with van der Waals surface area (Å²) >= 11 is 0. The molecule has 1 aromatic carbocycles. The summed E-state index contributed by atoms with van der Waals surface area (Å²) in [7, 11) is 0. The second kappa shape index (κ2) is 4.85. The normalized spacial score (nSPS) is 23.2. The molecule has 3 N–H and O–H groups in total. The summed E-state index contributed by atoms with van der Waals surface area (Å²) in [4.78, 5) is 10.5. The number of nitrogens with one attached hydrogen (secondary N) is 1. The Morgan fingerprint density at radius 1 is 1.53 bits per heavy atom. The van der Waals surface area contributed by atoms with Crippen molar-refractivity contribution in [2.75, 3.05) is 6.54 Å². The van der Waals surface area contributed by atoms with Gasteiger partial charge in [-0.25, -0.2) is 0 Å². The molecule has 0 aromatic heterocycles. The molecular weight excluding hydrogens is 218 g/mol. The number of benzene rings is 1. The van der Waals surface area contributed by atoms with Crippen LogP contribution in [0.15, 0.2) is 18.2 Å². The maximum absolute atomic E-state index is 10.5. The van der Waals surface area contributed by atoms with Gasteiger partial charge in [-0.1, -0.05) is 23.8 Å². The number of aliphatic hydroxyl groups is 1. The molecule has 0 saturated heterocycles. The number of hydrogen-bond donors (Lipinski definition) is 3. The van der Waals surface area contributed by atoms with Gasteiger partial charge < -0.3 is 15.5 Å². The molecule has 0 aliphatic heterocycles. The topological polar surface area (TPSA) is 69.6 Å². The van der Waals surface area contributed by atoms with Crippen LogP contribution in [0.1, 0.15) is 29.2 Å². The Kier molecular flexibility index (Phi) is 3.45. The van der Waals surface area contributed by atoms with E-state index in [9.17, 15) is 9.90 Å². The zero-order valence-corrected chi connectivity index (χ0v) is 9.81. The van der Waals surface area contributed by atoms with Crippen molar-refractivity contribution >= 4 is 5.97 Å². The van der Waals surface area contributed by atoms with E-state index in [4.69, 9.17) is 5.11 Å². The van der Waals surface area contributed by atoms with E-state index in [1.807, 2.05) is 25.1 Å². The van der Waals surface area contributed by atoms with Gasteiger partial charge in [-0.15, -0.1) is 0 Å². The highest BCUT2D eigenvalue weighted by Crippen LogP contribution is 2.30. The van der Waals surface area contributed by atoms with Crippen LogP contribution in [-0.2, 0) is 11.2 Å². The number of aliphatic carboxylic acids is 1. The lowest BCUT2D eigenvalue weighted by molar-refractivity contribution is -0.136.